The molecule has 72 valence electrons. The average Bonchev–Trinajstić information content (AvgIpc) is 2.64. The summed E-state index contributed by atoms with van der Waals surface area (Å²) in [7, 11) is 0. The first kappa shape index (κ1) is 10.4. The van der Waals surface area contributed by atoms with E-state index >= 15 is 0 Å². The van der Waals surface area contributed by atoms with Crippen LogP contribution in [-0.4, -0.2) is 0 Å². The van der Waals surface area contributed by atoms with Crippen LogP contribution >= 0.6 is 46.3 Å². The molecule has 0 unspecified atom stereocenters. The molecule has 1 aromatic heterocycles. The summed E-state index contributed by atoms with van der Waals surface area (Å²) < 4.78 is 1.25. The monoisotopic (exact) mass is 260 g/mol. The highest BCUT2D eigenvalue weighted by Gasteiger charge is 2.01. The van der Waals surface area contributed by atoms with Gasteiger partial charge in [0.1, 0.15) is 0 Å². The zero-order valence-electron chi connectivity index (χ0n) is 7.04. The van der Waals surface area contributed by atoms with Crippen molar-refractivity contribution in [1.82, 2.24) is 0 Å². The van der Waals surface area contributed by atoms with Gasteiger partial charge >= 0.3 is 0 Å². The molecule has 0 atom stereocenters. The lowest BCUT2D eigenvalue weighted by Crippen LogP contribution is -1.72. The number of hydrogen-bond donors (Lipinski definition) is 0. The van der Waals surface area contributed by atoms with Gasteiger partial charge in [0.15, 0.2) is 0 Å². The largest absolute Gasteiger partial charge is 0.137 e. The molecule has 0 radical (unpaired) electrons. The molecule has 0 nitrogen and oxygen atoms in total. The lowest BCUT2D eigenvalue weighted by atomic mass is 10.4. The Labute approximate surface area is 101 Å². The van der Waals surface area contributed by atoms with Gasteiger partial charge in [0.05, 0.1) is 14.3 Å². The SMILES string of the molecule is Clc1ccc(Sc2cccs2)cc1Cl. The number of benzene rings is 1. The molecule has 0 amide bonds. The van der Waals surface area contributed by atoms with E-state index in [1.54, 1.807) is 23.1 Å². The molecule has 14 heavy (non-hydrogen) atoms. The highest BCUT2D eigenvalue weighted by Crippen LogP contribution is 2.34. The van der Waals surface area contributed by atoms with E-state index in [4.69, 9.17) is 23.2 Å². The van der Waals surface area contributed by atoms with Crippen LogP contribution in [0.4, 0.5) is 0 Å². The number of rotatable bonds is 2. The predicted octanol–water partition coefficient (Wildman–Crippen LogP) is 5.21. The predicted molar refractivity (Wildman–Crippen MR) is 64.9 cm³/mol. The molecule has 0 bridgehead atoms. The summed E-state index contributed by atoms with van der Waals surface area (Å²) in [5.41, 5.74) is 0. The van der Waals surface area contributed by atoms with E-state index < -0.39 is 0 Å². The fraction of sp³-hybridized carbons (Fsp3) is 0. The molecule has 0 saturated heterocycles. The van der Waals surface area contributed by atoms with Gasteiger partial charge in [-0.3, -0.25) is 0 Å². The third-order valence-electron chi connectivity index (χ3n) is 1.60. The Morgan fingerprint density at radius 1 is 1.07 bits per heavy atom. The van der Waals surface area contributed by atoms with Crippen LogP contribution < -0.4 is 0 Å². The fourth-order valence-corrected chi connectivity index (χ4v) is 3.13. The van der Waals surface area contributed by atoms with Crippen LogP contribution in [0.15, 0.2) is 44.8 Å². The summed E-state index contributed by atoms with van der Waals surface area (Å²) >= 11 is 15.1. The Kier molecular flexibility index (Phi) is 3.39. The highest BCUT2D eigenvalue weighted by atomic mass is 35.5. The minimum absolute atomic E-state index is 0.599. The van der Waals surface area contributed by atoms with Gasteiger partial charge in [-0.25, -0.2) is 0 Å². The smallest absolute Gasteiger partial charge is 0.0646 e. The van der Waals surface area contributed by atoms with Gasteiger partial charge in [0.25, 0.3) is 0 Å². The van der Waals surface area contributed by atoms with E-state index in [2.05, 4.69) is 11.4 Å². The van der Waals surface area contributed by atoms with Crippen LogP contribution in [0, 0.1) is 0 Å². The normalized spacial score (nSPS) is 10.4. The molecular formula is C10H6Cl2S2. The van der Waals surface area contributed by atoms with Crippen molar-refractivity contribution < 1.29 is 0 Å². The van der Waals surface area contributed by atoms with E-state index in [0.29, 0.717) is 10.0 Å². The molecule has 2 rings (SSSR count). The second kappa shape index (κ2) is 4.58. The first-order chi connectivity index (χ1) is 6.75. The Hall–Kier alpha value is -0.150. The fourth-order valence-electron chi connectivity index (χ4n) is 0.978. The molecular weight excluding hydrogens is 255 g/mol. The maximum Gasteiger partial charge on any atom is 0.0646 e. The minimum Gasteiger partial charge on any atom is -0.137 e. The Balaban J connectivity index is 2.22. The summed E-state index contributed by atoms with van der Waals surface area (Å²) in [6, 6.07) is 9.79. The lowest BCUT2D eigenvalue weighted by Gasteiger charge is -2.00. The molecule has 1 heterocycles. The molecule has 0 aliphatic carbocycles. The molecule has 1 aromatic carbocycles. The third kappa shape index (κ3) is 2.45. The molecule has 4 heteroatoms. The summed E-state index contributed by atoms with van der Waals surface area (Å²) in [6.07, 6.45) is 0. The quantitative estimate of drug-likeness (QED) is 0.715. The Bertz CT molecular complexity index is 424. The van der Waals surface area contributed by atoms with Crippen molar-refractivity contribution in [3.05, 3.63) is 45.8 Å². The lowest BCUT2D eigenvalue weighted by molar-refractivity contribution is 1.46. The van der Waals surface area contributed by atoms with Crippen molar-refractivity contribution >= 4 is 46.3 Å². The molecule has 0 spiro atoms. The van der Waals surface area contributed by atoms with Crippen molar-refractivity contribution in [3.63, 3.8) is 0 Å². The Morgan fingerprint density at radius 3 is 2.57 bits per heavy atom. The van der Waals surface area contributed by atoms with Gasteiger partial charge in [0.2, 0.25) is 0 Å². The maximum atomic E-state index is 5.91. The van der Waals surface area contributed by atoms with Crippen molar-refractivity contribution in [2.45, 2.75) is 9.10 Å². The number of thiophene rings is 1. The number of hydrogen-bond acceptors (Lipinski definition) is 2. The van der Waals surface area contributed by atoms with Crippen LogP contribution in [0.2, 0.25) is 10.0 Å². The van der Waals surface area contributed by atoms with Crippen LogP contribution in [0.1, 0.15) is 0 Å². The van der Waals surface area contributed by atoms with Crippen LogP contribution in [0.3, 0.4) is 0 Å². The first-order valence-corrected chi connectivity index (χ1v) is 6.37. The van der Waals surface area contributed by atoms with Crippen molar-refractivity contribution in [2.75, 3.05) is 0 Å². The van der Waals surface area contributed by atoms with Gasteiger partial charge in [-0.2, -0.15) is 0 Å². The molecule has 0 N–H and O–H groups in total. The van der Waals surface area contributed by atoms with Gasteiger partial charge in [-0.1, -0.05) is 41.0 Å². The highest BCUT2D eigenvalue weighted by molar-refractivity contribution is 8.01. The van der Waals surface area contributed by atoms with E-state index in [0.717, 1.165) is 4.90 Å². The zero-order chi connectivity index (χ0) is 9.97. The third-order valence-corrected chi connectivity index (χ3v) is 4.37. The van der Waals surface area contributed by atoms with E-state index in [1.807, 2.05) is 24.3 Å². The van der Waals surface area contributed by atoms with Gasteiger partial charge in [-0.05, 0) is 29.6 Å². The van der Waals surface area contributed by atoms with E-state index in [9.17, 15) is 0 Å². The van der Waals surface area contributed by atoms with Crippen LogP contribution in [-0.2, 0) is 0 Å². The summed E-state index contributed by atoms with van der Waals surface area (Å²) in [4.78, 5) is 1.11. The van der Waals surface area contributed by atoms with Crippen molar-refractivity contribution in [3.8, 4) is 0 Å². The zero-order valence-corrected chi connectivity index (χ0v) is 10.2. The molecule has 0 aliphatic heterocycles. The standard InChI is InChI=1S/C10H6Cl2S2/c11-8-4-3-7(6-9(8)12)14-10-2-1-5-13-10/h1-6H. The van der Waals surface area contributed by atoms with Crippen LogP contribution in [0.5, 0.6) is 0 Å². The Morgan fingerprint density at radius 2 is 1.93 bits per heavy atom. The van der Waals surface area contributed by atoms with E-state index in [-0.39, 0.29) is 0 Å². The van der Waals surface area contributed by atoms with Crippen LogP contribution in [0.25, 0.3) is 0 Å². The summed E-state index contributed by atoms with van der Waals surface area (Å²) in [6.45, 7) is 0. The first-order valence-electron chi connectivity index (χ1n) is 3.92. The van der Waals surface area contributed by atoms with Gasteiger partial charge < -0.3 is 0 Å². The molecule has 2 aromatic rings. The van der Waals surface area contributed by atoms with Crippen molar-refractivity contribution in [1.29, 1.82) is 0 Å². The van der Waals surface area contributed by atoms with Gasteiger partial charge in [0, 0.05) is 4.90 Å². The second-order valence-corrected chi connectivity index (χ2v) is 5.75. The average molecular weight is 261 g/mol. The van der Waals surface area contributed by atoms with E-state index in [1.165, 1.54) is 4.21 Å². The molecule has 0 aliphatic rings. The van der Waals surface area contributed by atoms with Crippen molar-refractivity contribution in [2.24, 2.45) is 0 Å². The summed E-state index contributed by atoms with van der Waals surface area (Å²) in [5.74, 6) is 0. The second-order valence-electron chi connectivity index (χ2n) is 2.61. The number of halogens is 2. The minimum atomic E-state index is 0.599. The maximum absolute atomic E-state index is 5.91. The summed E-state index contributed by atoms with van der Waals surface area (Å²) in [5, 5.41) is 3.26. The topological polar surface area (TPSA) is 0 Å². The van der Waals surface area contributed by atoms with Gasteiger partial charge in [-0.15, -0.1) is 11.3 Å². The molecule has 0 saturated carbocycles. The molecule has 0 fully saturated rings.